The van der Waals surface area contributed by atoms with Gasteiger partial charge in [0.1, 0.15) is 42.3 Å². The number of carbonyl (C=O) groups is 10. The van der Waals surface area contributed by atoms with Gasteiger partial charge >= 0.3 is 17.9 Å². The minimum Gasteiger partial charge on any atom is -0.481 e. The van der Waals surface area contributed by atoms with Crippen LogP contribution in [0.4, 0.5) is 0 Å². The molecule has 0 aromatic rings. The number of hydrogen-bond acceptors (Lipinski definition) is 14. The molecule has 0 aromatic carbocycles. The highest BCUT2D eigenvalue weighted by Gasteiger charge is 2.45. The molecule has 61 heavy (non-hydrogen) atoms. The zero-order valence-electron chi connectivity index (χ0n) is 33.9. The number of aliphatic carboxylic acids is 3. The molecule has 3 fully saturated rings. The Morgan fingerprint density at radius 1 is 0.557 bits per heavy atom. The molecule has 24 heteroatoms. The number of aliphatic hydroxyl groups excluding tert-OH is 2. The van der Waals surface area contributed by atoms with Gasteiger partial charge in [-0.15, -0.1) is 0 Å². The summed E-state index contributed by atoms with van der Waals surface area (Å²) < 4.78 is 0. The Morgan fingerprint density at radius 2 is 1.02 bits per heavy atom. The Hall–Kier alpha value is -5.46. The summed E-state index contributed by atoms with van der Waals surface area (Å²) in [7, 11) is 0. The number of nitrogens with one attached hydrogen (secondary N) is 4. The van der Waals surface area contributed by atoms with E-state index in [0.717, 1.165) is 4.90 Å². The van der Waals surface area contributed by atoms with Crippen molar-refractivity contribution in [2.45, 2.75) is 132 Å². The molecule has 0 bridgehead atoms. The predicted molar refractivity (Wildman–Crippen MR) is 208 cm³/mol. The summed E-state index contributed by atoms with van der Waals surface area (Å²) in [6.07, 6.45) is 1.14. The van der Waals surface area contributed by atoms with Crippen LogP contribution in [0.3, 0.4) is 0 Å². The molecule has 8 atom stereocenters. The van der Waals surface area contributed by atoms with Crippen LogP contribution in [0.25, 0.3) is 0 Å². The first-order valence-electron chi connectivity index (χ1n) is 20.4. The molecule has 3 heterocycles. The van der Waals surface area contributed by atoms with Gasteiger partial charge in [-0.2, -0.15) is 0 Å². The second-order valence-electron chi connectivity index (χ2n) is 15.3. The Bertz CT molecular complexity index is 1630. The fourth-order valence-corrected chi connectivity index (χ4v) is 7.65. The summed E-state index contributed by atoms with van der Waals surface area (Å²) in [5.41, 5.74) is 11.6. The molecular weight excluding hydrogens is 810 g/mol. The van der Waals surface area contributed by atoms with Crippen LogP contribution in [-0.2, 0) is 47.9 Å². The van der Waals surface area contributed by atoms with Crippen molar-refractivity contribution >= 4 is 59.3 Å². The highest BCUT2D eigenvalue weighted by molar-refractivity contribution is 5.98. The van der Waals surface area contributed by atoms with Crippen LogP contribution < -0.4 is 32.7 Å². The van der Waals surface area contributed by atoms with Crippen LogP contribution in [0.5, 0.6) is 0 Å². The van der Waals surface area contributed by atoms with E-state index in [1.165, 1.54) is 9.80 Å². The van der Waals surface area contributed by atoms with Gasteiger partial charge in [-0.1, -0.05) is 6.42 Å². The van der Waals surface area contributed by atoms with Crippen molar-refractivity contribution in [1.29, 1.82) is 0 Å². The largest absolute Gasteiger partial charge is 0.481 e. The summed E-state index contributed by atoms with van der Waals surface area (Å²) in [5.74, 6) is -9.88. The monoisotopic (exact) mass is 869 g/mol. The number of aliphatic hydroxyl groups is 2. The van der Waals surface area contributed by atoms with Gasteiger partial charge in [-0.05, 0) is 70.8 Å². The lowest BCUT2D eigenvalue weighted by Gasteiger charge is -2.33. The third-order valence-electron chi connectivity index (χ3n) is 10.9. The average Bonchev–Trinajstić information content (AvgIpc) is 4.03. The quantitative estimate of drug-likeness (QED) is 0.0405. The van der Waals surface area contributed by atoms with Crippen LogP contribution in [0.2, 0.25) is 0 Å². The van der Waals surface area contributed by atoms with Gasteiger partial charge in [0, 0.05) is 32.5 Å². The second-order valence-corrected chi connectivity index (χ2v) is 15.3. The number of hydrogen-bond donors (Lipinski definition) is 11. The Morgan fingerprint density at radius 3 is 1.54 bits per heavy atom. The zero-order chi connectivity index (χ0) is 45.4. The molecule has 8 unspecified atom stereocenters. The van der Waals surface area contributed by atoms with Crippen molar-refractivity contribution in [1.82, 2.24) is 36.0 Å². The van der Waals surface area contributed by atoms with Crippen molar-refractivity contribution < 1.29 is 73.5 Å². The summed E-state index contributed by atoms with van der Waals surface area (Å²) in [5, 5.41) is 57.1. The molecule has 13 N–H and O–H groups in total. The fraction of sp³-hybridized carbons (Fsp3) is 0.730. The predicted octanol–water partition coefficient (Wildman–Crippen LogP) is -4.85. The smallest absolute Gasteiger partial charge is 0.326 e. The van der Waals surface area contributed by atoms with E-state index in [1.54, 1.807) is 0 Å². The number of nitrogens with two attached hydrogens (primary N) is 2. The number of likely N-dealkylation sites (tertiary alicyclic amines) is 3. The summed E-state index contributed by atoms with van der Waals surface area (Å²) in [4.78, 5) is 132. The number of rotatable bonds is 24. The minimum atomic E-state index is -1.66. The van der Waals surface area contributed by atoms with Gasteiger partial charge in [0.15, 0.2) is 0 Å². The molecule has 3 aliphatic rings. The van der Waals surface area contributed by atoms with Crippen LogP contribution in [0.1, 0.15) is 83.5 Å². The molecular formula is C37H59N9O15. The van der Waals surface area contributed by atoms with Gasteiger partial charge in [0.2, 0.25) is 41.4 Å². The lowest BCUT2D eigenvalue weighted by Crippen LogP contribution is -2.60. The van der Waals surface area contributed by atoms with Crippen LogP contribution in [0, 0.1) is 0 Å². The first-order valence-corrected chi connectivity index (χ1v) is 20.4. The third kappa shape index (κ3) is 14.0. The maximum absolute atomic E-state index is 14.0. The summed E-state index contributed by atoms with van der Waals surface area (Å²) in [6, 6.07) is -10.6. The van der Waals surface area contributed by atoms with Gasteiger partial charge in [-0.3, -0.25) is 43.2 Å². The Kier molecular flexibility index (Phi) is 19.7. The number of carboxylic acids is 3. The second kappa shape index (κ2) is 24.1. The van der Waals surface area contributed by atoms with Gasteiger partial charge in [0.05, 0.1) is 19.3 Å². The highest BCUT2D eigenvalue weighted by Crippen LogP contribution is 2.26. The normalized spacial score (nSPS) is 21.1. The lowest BCUT2D eigenvalue weighted by molar-refractivity contribution is -0.149. The molecule has 3 saturated heterocycles. The lowest BCUT2D eigenvalue weighted by atomic mass is 10.1. The van der Waals surface area contributed by atoms with Crippen molar-refractivity contribution in [3.05, 3.63) is 0 Å². The fourth-order valence-electron chi connectivity index (χ4n) is 7.65. The van der Waals surface area contributed by atoms with Crippen molar-refractivity contribution in [2.75, 3.05) is 39.4 Å². The summed E-state index contributed by atoms with van der Waals surface area (Å²) >= 11 is 0. The van der Waals surface area contributed by atoms with Gasteiger partial charge < -0.3 is 73.0 Å². The van der Waals surface area contributed by atoms with Crippen molar-refractivity contribution in [3.8, 4) is 0 Å². The number of nitrogens with zero attached hydrogens (tertiary/aromatic N) is 3. The molecule has 0 radical (unpaired) electrons. The molecule has 7 amide bonds. The Labute approximate surface area is 351 Å². The van der Waals surface area contributed by atoms with E-state index in [2.05, 4.69) is 21.3 Å². The number of carbonyl (C=O) groups excluding carboxylic acids is 7. The molecule has 0 saturated carbocycles. The SMILES string of the molecule is NCCCCC(N)C(=O)N1CCCC1C(=O)NC(CO)C(=O)NC(CO)C(=O)N1CCCC1C(=O)N1CCCC1C(=O)NC(CCC(=O)O)C(=O)NC(CCC(=O)O)C(=O)O. The van der Waals surface area contributed by atoms with Gasteiger partial charge in [0.25, 0.3) is 0 Å². The van der Waals surface area contributed by atoms with Crippen molar-refractivity contribution in [2.24, 2.45) is 11.5 Å². The highest BCUT2D eigenvalue weighted by atomic mass is 16.4. The molecule has 24 nitrogen and oxygen atoms in total. The van der Waals surface area contributed by atoms with Crippen molar-refractivity contribution in [3.63, 3.8) is 0 Å². The maximum atomic E-state index is 14.0. The molecule has 0 aliphatic carbocycles. The minimum absolute atomic E-state index is 0.0242. The first-order chi connectivity index (χ1) is 28.9. The number of amides is 7. The maximum Gasteiger partial charge on any atom is 0.326 e. The van der Waals surface area contributed by atoms with Crippen LogP contribution in [-0.4, -0.2) is 187 Å². The van der Waals surface area contributed by atoms with Crippen LogP contribution in [0.15, 0.2) is 0 Å². The van der Waals surface area contributed by atoms with E-state index in [-0.39, 0.29) is 38.9 Å². The first kappa shape index (κ1) is 49.9. The van der Waals surface area contributed by atoms with E-state index in [9.17, 15) is 68.4 Å². The molecule has 0 spiro atoms. The standard InChI is InChI=1S/C37H59N9O15/c38-14-2-1-6-20(39)34(57)44-15-3-7-25(44)33(56)42-23(18-47)31(54)43-24(19-48)35(58)46-17-5-9-27(46)36(59)45-16-4-8-26(45)32(55)40-21(10-12-28(49)50)30(53)41-22(37(60)61)11-13-29(51)52/h20-27,47-48H,1-19,38-39H2,(H,40,55)(H,41,53)(H,42,56)(H,43,54)(H,49,50)(H,51,52)(H,60,61). The average molecular weight is 870 g/mol. The molecule has 0 aromatic heterocycles. The van der Waals surface area contributed by atoms with E-state index in [4.69, 9.17) is 16.6 Å². The third-order valence-corrected chi connectivity index (χ3v) is 10.9. The zero-order valence-corrected chi connectivity index (χ0v) is 33.9. The molecule has 342 valence electrons. The van der Waals surface area contributed by atoms with E-state index in [0.29, 0.717) is 45.1 Å². The topological polar surface area (TPSA) is 382 Å². The number of unbranched alkanes of at least 4 members (excludes halogenated alkanes) is 1. The van der Waals surface area contributed by atoms with Crippen LogP contribution >= 0.6 is 0 Å². The molecule has 3 aliphatic heterocycles. The van der Waals surface area contributed by atoms with E-state index >= 15 is 0 Å². The summed E-state index contributed by atoms with van der Waals surface area (Å²) in [6.45, 7) is -1.07. The van der Waals surface area contributed by atoms with Gasteiger partial charge in [-0.25, -0.2) is 4.79 Å². The molecule has 3 rings (SSSR count). The number of carboxylic acid groups (broad SMARTS) is 3. The Balaban J connectivity index is 1.67. The van der Waals surface area contributed by atoms with E-state index < -0.39 is 146 Å². The van der Waals surface area contributed by atoms with E-state index in [1.807, 2.05) is 0 Å².